The molecule has 0 aromatic rings. The third-order valence-electron chi connectivity index (χ3n) is 4.69. The monoisotopic (exact) mass is 473 g/mol. The van der Waals surface area contributed by atoms with E-state index in [1.807, 2.05) is 34.6 Å². The van der Waals surface area contributed by atoms with Crippen molar-refractivity contribution < 1.29 is 14.4 Å². The number of nitrogens with one attached hydrogen (secondary N) is 3. The highest BCUT2D eigenvalue weighted by molar-refractivity contribution is 5.81. The summed E-state index contributed by atoms with van der Waals surface area (Å²) in [5, 5.41) is 8.49. The van der Waals surface area contributed by atoms with Crippen molar-refractivity contribution in [3.05, 3.63) is 0 Å². The Labute approximate surface area is 206 Å². The lowest BCUT2D eigenvalue weighted by Crippen LogP contribution is -2.33. The van der Waals surface area contributed by atoms with Gasteiger partial charge in [0, 0.05) is 25.9 Å². The van der Waals surface area contributed by atoms with Gasteiger partial charge in [-0.15, -0.1) is 0 Å². The van der Waals surface area contributed by atoms with Crippen LogP contribution >= 0.6 is 0 Å². The minimum atomic E-state index is -0.0884. The molecule has 6 heteroatoms. The quantitative estimate of drug-likeness (QED) is 0.220. The van der Waals surface area contributed by atoms with Crippen LogP contribution in [0.5, 0.6) is 0 Å². The predicted molar refractivity (Wildman–Crippen MR) is 145 cm³/mol. The van der Waals surface area contributed by atoms with Crippen molar-refractivity contribution in [1.82, 2.24) is 16.0 Å². The first-order valence-electron chi connectivity index (χ1n) is 13.6. The summed E-state index contributed by atoms with van der Waals surface area (Å²) in [5.74, 6) is 0.0838. The Morgan fingerprint density at radius 2 is 1.12 bits per heavy atom. The van der Waals surface area contributed by atoms with E-state index >= 15 is 0 Å². The molecule has 0 saturated carbocycles. The summed E-state index contributed by atoms with van der Waals surface area (Å²) >= 11 is 0. The summed E-state index contributed by atoms with van der Waals surface area (Å²) in [4.78, 5) is 33.9. The van der Waals surface area contributed by atoms with Gasteiger partial charge in [0.1, 0.15) is 5.78 Å². The lowest BCUT2D eigenvalue weighted by atomic mass is 10.1. The van der Waals surface area contributed by atoms with Crippen LogP contribution in [0.4, 0.5) is 0 Å². The van der Waals surface area contributed by atoms with Gasteiger partial charge in [0.05, 0.1) is 6.04 Å². The first kappa shape index (κ1) is 38.8. The van der Waals surface area contributed by atoms with Crippen molar-refractivity contribution >= 4 is 17.6 Å². The van der Waals surface area contributed by atoms with Gasteiger partial charge in [0.25, 0.3) is 0 Å². The molecule has 1 unspecified atom stereocenters. The number of carbonyl (C=O) groups is 3. The van der Waals surface area contributed by atoms with Crippen LogP contribution in [0.3, 0.4) is 0 Å². The molecule has 200 valence electrons. The standard InChI is InChI=1S/C15H29N3O3.C8H18.2C2H6/c1-4-7-14(20)18-11-9-15(21)17-10-6-5-8-13(16-3)12(2)19;1-3-5-7-8-6-4-2;2*1-2/h13,16H,4-11H2,1-3H3,(H,17,21)(H,18,20);3-8H2,1-2H3;2*1-2H3. The molecule has 0 aliphatic carbocycles. The van der Waals surface area contributed by atoms with Gasteiger partial charge in [0.15, 0.2) is 0 Å². The molecule has 0 aromatic carbocycles. The van der Waals surface area contributed by atoms with Gasteiger partial charge < -0.3 is 16.0 Å². The Morgan fingerprint density at radius 1 is 0.636 bits per heavy atom. The van der Waals surface area contributed by atoms with Crippen LogP contribution < -0.4 is 16.0 Å². The third kappa shape index (κ3) is 35.3. The molecule has 1 atom stereocenters. The predicted octanol–water partition coefficient (Wildman–Crippen LogP) is 6.18. The molecule has 33 heavy (non-hydrogen) atoms. The van der Waals surface area contributed by atoms with E-state index in [4.69, 9.17) is 0 Å². The Kier molecular flexibility index (Phi) is 41.4. The number of rotatable bonds is 17. The van der Waals surface area contributed by atoms with Crippen LogP contribution in [0.15, 0.2) is 0 Å². The molecule has 0 heterocycles. The van der Waals surface area contributed by atoms with Crippen molar-refractivity contribution in [2.75, 3.05) is 20.1 Å². The second-order valence-electron chi connectivity index (χ2n) is 7.56. The minimum absolute atomic E-state index is 0.00681. The SMILES string of the molecule is CC.CC.CCCC(=O)NCCC(=O)NCCCCC(NC)C(C)=O.CCCCCCCC. The molecule has 0 rings (SSSR count). The zero-order valence-electron chi connectivity index (χ0n) is 23.7. The lowest BCUT2D eigenvalue weighted by Gasteiger charge is -2.12. The highest BCUT2D eigenvalue weighted by Gasteiger charge is 2.10. The fourth-order valence-corrected chi connectivity index (χ4v) is 2.82. The van der Waals surface area contributed by atoms with E-state index in [1.165, 1.54) is 38.5 Å². The molecule has 0 spiro atoms. The second-order valence-corrected chi connectivity index (χ2v) is 7.56. The molecule has 0 radical (unpaired) electrons. The molecule has 2 amide bonds. The van der Waals surface area contributed by atoms with Gasteiger partial charge in [0.2, 0.25) is 11.8 Å². The van der Waals surface area contributed by atoms with Gasteiger partial charge in [-0.05, 0) is 39.7 Å². The van der Waals surface area contributed by atoms with E-state index in [2.05, 4.69) is 29.8 Å². The summed E-state index contributed by atoms with van der Waals surface area (Å²) in [7, 11) is 1.78. The number of ketones is 1. The molecule has 0 aliphatic rings. The topological polar surface area (TPSA) is 87.3 Å². The van der Waals surface area contributed by atoms with Crippen molar-refractivity contribution in [1.29, 1.82) is 0 Å². The molecule has 3 N–H and O–H groups in total. The normalized spacial score (nSPS) is 10.2. The van der Waals surface area contributed by atoms with E-state index in [0.717, 1.165) is 25.7 Å². The Hall–Kier alpha value is -1.43. The molecule has 0 fully saturated rings. The Balaban J connectivity index is -0.000000292. The van der Waals surface area contributed by atoms with Crippen molar-refractivity contribution in [2.45, 2.75) is 138 Å². The molecule has 0 bridgehead atoms. The van der Waals surface area contributed by atoms with Crippen LogP contribution in [-0.4, -0.2) is 43.8 Å². The summed E-state index contributed by atoms with van der Waals surface area (Å²) < 4.78 is 0. The van der Waals surface area contributed by atoms with Crippen LogP contribution in [0.25, 0.3) is 0 Å². The maximum atomic E-state index is 11.5. The van der Waals surface area contributed by atoms with E-state index in [-0.39, 0.29) is 23.6 Å². The molecule has 6 nitrogen and oxygen atoms in total. The largest absolute Gasteiger partial charge is 0.356 e. The van der Waals surface area contributed by atoms with Crippen LogP contribution in [-0.2, 0) is 14.4 Å². The Morgan fingerprint density at radius 3 is 1.55 bits per heavy atom. The fourth-order valence-electron chi connectivity index (χ4n) is 2.82. The maximum Gasteiger partial charge on any atom is 0.221 e. The van der Waals surface area contributed by atoms with Gasteiger partial charge in [-0.1, -0.05) is 87.0 Å². The van der Waals surface area contributed by atoms with Crippen molar-refractivity contribution in [3.8, 4) is 0 Å². The summed E-state index contributed by atoms with van der Waals surface area (Å²) in [6, 6.07) is -0.0884. The third-order valence-corrected chi connectivity index (χ3v) is 4.69. The highest BCUT2D eigenvalue weighted by Crippen LogP contribution is 2.03. The number of unbranched alkanes of at least 4 members (excludes halogenated alkanes) is 6. The van der Waals surface area contributed by atoms with Crippen molar-refractivity contribution in [3.63, 3.8) is 0 Å². The molecule has 0 saturated heterocycles. The lowest BCUT2D eigenvalue weighted by molar-refractivity contribution is -0.122. The number of carbonyl (C=O) groups excluding carboxylic acids is 3. The average Bonchev–Trinajstić information content (AvgIpc) is 2.82. The first-order valence-corrected chi connectivity index (χ1v) is 13.6. The minimum Gasteiger partial charge on any atom is -0.356 e. The molecule has 0 aromatic heterocycles. The summed E-state index contributed by atoms with van der Waals surface area (Å²) in [5.41, 5.74) is 0. The van der Waals surface area contributed by atoms with Gasteiger partial charge >= 0.3 is 0 Å². The van der Waals surface area contributed by atoms with E-state index < -0.39 is 0 Å². The number of likely N-dealkylation sites (N-methyl/N-ethyl adjacent to an activating group) is 1. The fraction of sp³-hybridized carbons (Fsp3) is 0.889. The smallest absolute Gasteiger partial charge is 0.221 e. The maximum absolute atomic E-state index is 11.5. The van der Waals surface area contributed by atoms with Crippen molar-refractivity contribution in [2.24, 2.45) is 0 Å². The van der Waals surface area contributed by atoms with E-state index in [9.17, 15) is 14.4 Å². The average molecular weight is 474 g/mol. The van der Waals surface area contributed by atoms with Crippen LogP contribution in [0.2, 0.25) is 0 Å². The zero-order valence-corrected chi connectivity index (χ0v) is 23.7. The molecular formula is C27H59N3O3. The highest BCUT2D eigenvalue weighted by atomic mass is 16.2. The van der Waals surface area contributed by atoms with Crippen LogP contribution in [0.1, 0.15) is 132 Å². The van der Waals surface area contributed by atoms with Gasteiger partial charge in [-0.25, -0.2) is 0 Å². The zero-order chi connectivity index (χ0) is 26.3. The number of hydrogen-bond donors (Lipinski definition) is 3. The van der Waals surface area contributed by atoms with Gasteiger partial charge in [-0.3, -0.25) is 14.4 Å². The van der Waals surface area contributed by atoms with Crippen LogP contribution in [0, 0.1) is 0 Å². The number of Topliss-reactive ketones (excluding diaryl/α,β-unsaturated/α-hetero) is 1. The van der Waals surface area contributed by atoms with E-state index in [1.54, 1.807) is 14.0 Å². The first-order chi connectivity index (χ1) is 15.9. The molecular weight excluding hydrogens is 414 g/mol. The number of hydrogen-bond acceptors (Lipinski definition) is 4. The number of amides is 2. The summed E-state index contributed by atoms with van der Waals surface area (Å²) in [6.07, 6.45) is 12.6. The molecule has 0 aliphatic heterocycles. The van der Waals surface area contributed by atoms with E-state index in [0.29, 0.717) is 25.9 Å². The second kappa shape index (κ2) is 35.2. The Bertz CT molecular complexity index is 409. The summed E-state index contributed by atoms with van der Waals surface area (Å²) in [6.45, 7) is 17.0. The van der Waals surface area contributed by atoms with Gasteiger partial charge in [-0.2, -0.15) is 0 Å².